The predicted octanol–water partition coefficient (Wildman–Crippen LogP) is 2.59. The van der Waals surface area contributed by atoms with Crippen molar-refractivity contribution >= 4 is 22.2 Å². The molecule has 0 fully saturated rings. The van der Waals surface area contributed by atoms with Gasteiger partial charge >= 0.3 is 0 Å². The van der Waals surface area contributed by atoms with Gasteiger partial charge in [-0.2, -0.15) is 0 Å². The topological polar surface area (TPSA) is 35.5 Å². The molecule has 0 spiro atoms. The molecule has 0 aliphatic rings. The van der Waals surface area contributed by atoms with Gasteiger partial charge in [0.1, 0.15) is 0 Å². The van der Waals surface area contributed by atoms with Crippen LogP contribution in [0.1, 0.15) is 15.9 Å². The van der Waals surface area contributed by atoms with Crippen LogP contribution < -0.4 is 9.47 Å². The molecule has 4 heteroatoms. The number of aryl methyl sites for hydroxylation is 1. The summed E-state index contributed by atoms with van der Waals surface area (Å²) in [5, 5.41) is 0. The minimum Gasteiger partial charge on any atom is -0.493 e. The maximum Gasteiger partial charge on any atom is 0.175 e. The Balaban J connectivity index is 3.46. The second-order valence-corrected chi connectivity index (χ2v) is 3.57. The number of rotatable bonds is 3. The van der Waals surface area contributed by atoms with Crippen molar-refractivity contribution in [2.45, 2.75) is 6.92 Å². The fraction of sp³-hybridized carbons (Fsp3) is 0.300. The van der Waals surface area contributed by atoms with Crippen molar-refractivity contribution in [1.82, 2.24) is 0 Å². The third kappa shape index (κ3) is 1.75. The molecule has 0 saturated carbocycles. The Labute approximate surface area is 91.1 Å². The summed E-state index contributed by atoms with van der Waals surface area (Å²) in [5.41, 5.74) is 1.44. The Hall–Kier alpha value is -1.03. The van der Waals surface area contributed by atoms with Gasteiger partial charge in [-0.15, -0.1) is 0 Å². The average Bonchev–Trinajstić information content (AvgIpc) is 2.17. The second kappa shape index (κ2) is 4.46. The highest BCUT2D eigenvalue weighted by Crippen LogP contribution is 2.38. The van der Waals surface area contributed by atoms with Gasteiger partial charge in [0.15, 0.2) is 17.8 Å². The molecule has 0 radical (unpaired) electrons. The molecule has 1 aromatic carbocycles. The molecule has 0 unspecified atom stereocenters. The van der Waals surface area contributed by atoms with Crippen molar-refractivity contribution in [3.8, 4) is 11.5 Å². The molecule has 1 rings (SSSR count). The van der Waals surface area contributed by atoms with Crippen molar-refractivity contribution in [2.24, 2.45) is 0 Å². The number of carbonyl (C=O) groups excluding carboxylic acids is 1. The largest absolute Gasteiger partial charge is 0.493 e. The van der Waals surface area contributed by atoms with Crippen LogP contribution in [0.5, 0.6) is 11.5 Å². The number of carbonyl (C=O) groups is 1. The Morgan fingerprint density at radius 2 is 2.00 bits per heavy atom. The van der Waals surface area contributed by atoms with E-state index in [1.807, 2.05) is 6.92 Å². The first-order valence-electron chi connectivity index (χ1n) is 4.02. The highest BCUT2D eigenvalue weighted by Gasteiger charge is 2.14. The Bertz CT molecular complexity index is 361. The molecule has 0 heterocycles. The van der Waals surface area contributed by atoms with Crippen molar-refractivity contribution in [3.63, 3.8) is 0 Å². The summed E-state index contributed by atoms with van der Waals surface area (Å²) in [6.45, 7) is 1.84. The molecule has 0 amide bonds. The summed E-state index contributed by atoms with van der Waals surface area (Å²) >= 11 is 3.31. The maximum atomic E-state index is 10.8. The van der Waals surface area contributed by atoms with E-state index >= 15 is 0 Å². The minimum absolute atomic E-state index is 0.542. The van der Waals surface area contributed by atoms with E-state index in [1.54, 1.807) is 13.2 Å². The normalized spacial score (nSPS) is 9.71. The second-order valence-electron chi connectivity index (χ2n) is 2.77. The van der Waals surface area contributed by atoms with Crippen molar-refractivity contribution in [1.29, 1.82) is 0 Å². The summed E-state index contributed by atoms with van der Waals surface area (Å²) in [6.07, 6.45) is 0.793. The molecule has 0 bridgehead atoms. The Morgan fingerprint density at radius 3 is 2.43 bits per heavy atom. The number of ether oxygens (including phenoxy) is 2. The number of benzene rings is 1. The molecule has 0 aliphatic heterocycles. The standard InChI is InChI=1S/C10H11BrO3/c1-6-4-8(13-2)10(14-3)9(11)7(6)5-12/h4-5H,1-3H3. The monoisotopic (exact) mass is 258 g/mol. The molecule has 0 N–H and O–H groups in total. The van der Waals surface area contributed by atoms with Gasteiger partial charge in [0.25, 0.3) is 0 Å². The van der Waals surface area contributed by atoms with E-state index < -0.39 is 0 Å². The molecule has 0 aliphatic carbocycles. The highest BCUT2D eigenvalue weighted by molar-refractivity contribution is 9.10. The lowest BCUT2D eigenvalue weighted by molar-refractivity contribution is 0.112. The lowest BCUT2D eigenvalue weighted by Crippen LogP contribution is -1.97. The lowest BCUT2D eigenvalue weighted by Gasteiger charge is -2.12. The SMILES string of the molecule is COc1cc(C)c(C=O)c(Br)c1OC. The zero-order valence-corrected chi connectivity index (χ0v) is 9.84. The van der Waals surface area contributed by atoms with Gasteiger partial charge in [-0.3, -0.25) is 4.79 Å². The maximum absolute atomic E-state index is 10.8. The number of halogens is 1. The molecular formula is C10H11BrO3. The fourth-order valence-electron chi connectivity index (χ4n) is 1.23. The van der Waals surface area contributed by atoms with Gasteiger partial charge in [0.05, 0.1) is 18.7 Å². The van der Waals surface area contributed by atoms with Crippen LogP contribution in [-0.4, -0.2) is 20.5 Å². The van der Waals surface area contributed by atoms with Gasteiger partial charge in [-0.1, -0.05) is 0 Å². The summed E-state index contributed by atoms with van der Waals surface area (Å²) in [4.78, 5) is 10.8. The predicted molar refractivity (Wildman–Crippen MR) is 57.4 cm³/mol. The van der Waals surface area contributed by atoms with Crippen molar-refractivity contribution in [3.05, 3.63) is 21.7 Å². The van der Waals surface area contributed by atoms with Crippen LogP contribution in [0, 0.1) is 6.92 Å². The molecule has 0 saturated heterocycles. The highest BCUT2D eigenvalue weighted by atomic mass is 79.9. The first-order chi connectivity index (χ1) is 6.65. The summed E-state index contributed by atoms with van der Waals surface area (Å²) < 4.78 is 10.9. The van der Waals surface area contributed by atoms with E-state index in [4.69, 9.17) is 9.47 Å². The van der Waals surface area contributed by atoms with Gasteiger partial charge in [0.2, 0.25) is 0 Å². The third-order valence-electron chi connectivity index (χ3n) is 1.97. The van der Waals surface area contributed by atoms with E-state index in [-0.39, 0.29) is 0 Å². The summed E-state index contributed by atoms with van der Waals surface area (Å²) in [5.74, 6) is 1.16. The molecule has 0 atom stereocenters. The quantitative estimate of drug-likeness (QED) is 0.782. The van der Waals surface area contributed by atoms with E-state index in [2.05, 4.69) is 15.9 Å². The molecular weight excluding hydrogens is 248 g/mol. The van der Waals surface area contributed by atoms with Gasteiger partial charge in [-0.05, 0) is 34.5 Å². The number of aldehydes is 1. The van der Waals surface area contributed by atoms with Crippen LogP contribution in [-0.2, 0) is 0 Å². The van der Waals surface area contributed by atoms with Gasteiger partial charge < -0.3 is 9.47 Å². The van der Waals surface area contributed by atoms with Gasteiger partial charge in [0, 0.05) is 5.56 Å². The zero-order valence-electron chi connectivity index (χ0n) is 8.26. The van der Waals surface area contributed by atoms with Crippen LogP contribution in [0.2, 0.25) is 0 Å². The number of hydrogen-bond donors (Lipinski definition) is 0. The van der Waals surface area contributed by atoms with E-state index in [9.17, 15) is 4.79 Å². The van der Waals surface area contributed by atoms with Crippen LogP contribution in [0.4, 0.5) is 0 Å². The summed E-state index contributed by atoms with van der Waals surface area (Å²) in [7, 11) is 3.09. The number of methoxy groups -OCH3 is 2. The smallest absolute Gasteiger partial charge is 0.175 e. The van der Waals surface area contributed by atoms with Crippen LogP contribution in [0.15, 0.2) is 10.5 Å². The Kier molecular flexibility index (Phi) is 3.52. The van der Waals surface area contributed by atoms with Gasteiger partial charge in [-0.25, -0.2) is 0 Å². The Morgan fingerprint density at radius 1 is 1.36 bits per heavy atom. The number of hydrogen-bond acceptors (Lipinski definition) is 3. The van der Waals surface area contributed by atoms with Crippen LogP contribution >= 0.6 is 15.9 Å². The summed E-state index contributed by atoms with van der Waals surface area (Å²) in [6, 6.07) is 1.77. The first-order valence-corrected chi connectivity index (χ1v) is 4.81. The van der Waals surface area contributed by atoms with Crippen molar-refractivity contribution < 1.29 is 14.3 Å². The van der Waals surface area contributed by atoms with Crippen LogP contribution in [0.3, 0.4) is 0 Å². The molecule has 76 valence electrons. The zero-order chi connectivity index (χ0) is 10.7. The van der Waals surface area contributed by atoms with Crippen LogP contribution in [0.25, 0.3) is 0 Å². The van der Waals surface area contributed by atoms with Crippen molar-refractivity contribution in [2.75, 3.05) is 14.2 Å². The molecule has 0 aromatic heterocycles. The lowest BCUT2D eigenvalue weighted by atomic mass is 10.1. The molecule has 1 aromatic rings. The van der Waals surface area contributed by atoms with E-state index in [0.29, 0.717) is 21.5 Å². The van der Waals surface area contributed by atoms with E-state index in [1.165, 1.54) is 7.11 Å². The minimum atomic E-state index is 0.542. The first kappa shape index (κ1) is 11.0. The third-order valence-corrected chi connectivity index (χ3v) is 2.76. The molecule has 14 heavy (non-hydrogen) atoms. The molecule has 3 nitrogen and oxygen atoms in total. The fourth-order valence-corrected chi connectivity index (χ4v) is 1.99. The average molecular weight is 259 g/mol. The van der Waals surface area contributed by atoms with E-state index in [0.717, 1.165) is 11.8 Å².